The third-order valence-electron chi connectivity index (χ3n) is 4.69. The van der Waals surface area contributed by atoms with E-state index in [1.165, 1.54) is 18.9 Å². The molecule has 6 heteroatoms. The zero-order valence-corrected chi connectivity index (χ0v) is 14.0. The molecule has 1 aromatic carbocycles. The molecule has 2 fully saturated rings. The summed E-state index contributed by atoms with van der Waals surface area (Å²) in [4.78, 5) is 20.7. The Bertz CT molecular complexity index is 752. The Morgan fingerprint density at radius 2 is 1.84 bits per heavy atom. The third kappa shape index (κ3) is 3.57. The first-order valence-corrected chi connectivity index (χ1v) is 8.72. The molecule has 25 heavy (non-hydrogen) atoms. The lowest BCUT2D eigenvalue weighted by molar-refractivity contribution is 0.0741. The van der Waals surface area contributed by atoms with Crippen LogP contribution in [0.2, 0.25) is 0 Å². The van der Waals surface area contributed by atoms with Crippen molar-refractivity contribution in [1.29, 1.82) is 0 Å². The van der Waals surface area contributed by atoms with Crippen molar-refractivity contribution in [2.45, 2.75) is 18.9 Å². The molecule has 2 aromatic rings. The first kappa shape index (κ1) is 15.9. The fourth-order valence-corrected chi connectivity index (χ4v) is 3.09. The van der Waals surface area contributed by atoms with Crippen LogP contribution in [-0.4, -0.2) is 48.0 Å². The minimum atomic E-state index is -0.220. The maximum atomic E-state index is 13.9. The van der Waals surface area contributed by atoms with Gasteiger partial charge in [0.15, 0.2) is 0 Å². The number of para-hydroxylation sites is 1. The monoisotopic (exact) mass is 340 g/mol. The molecule has 1 N–H and O–H groups in total. The fraction of sp³-hybridized carbons (Fsp3) is 0.368. The molecule has 1 saturated heterocycles. The average Bonchev–Trinajstić information content (AvgIpc) is 3.46. The fourth-order valence-electron chi connectivity index (χ4n) is 3.09. The van der Waals surface area contributed by atoms with Gasteiger partial charge in [0.25, 0.3) is 5.91 Å². The van der Waals surface area contributed by atoms with Gasteiger partial charge in [-0.05, 0) is 37.1 Å². The van der Waals surface area contributed by atoms with Crippen LogP contribution in [-0.2, 0) is 0 Å². The molecule has 1 aliphatic carbocycles. The maximum absolute atomic E-state index is 13.9. The highest BCUT2D eigenvalue weighted by atomic mass is 19.1. The Morgan fingerprint density at radius 3 is 2.48 bits per heavy atom. The second kappa shape index (κ2) is 6.70. The summed E-state index contributed by atoms with van der Waals surface area (Å²) in [6.07, 6.45) is 4.13. The summed E-state index contributed by atoms with van der Waals surface area (Å²) < 4.78 is 13.9. The molecule has 2 aliphatic rings. The van der Waals surface area contributed by atoms with Gasteiger partial charge in [-0.25, -0.2) is 9.37 Å². The third-order valence-corrected chi connectivity index (χ3v) is 4.69. The summed E-state index contributed by atoms with van der Waals surface area (Å²) in [6, 6.07) is 11.0. The summed E-state index contributed by atoms with van der Waals surface area (Å²) in [6.45, 7) is 2.37. The minimum absolute atomic E-state index is 0.0637. The van der Waals surface area contributed by atoms with Crippen molar-refractivity contribution in [3.63, 3.8) is 0 Å². The number of nitrogens with one attached hydrogen (secondary N) is 1. The van der Waals surface area contributed by atoms with Crippen LogP contribution in [0.5, 0.6) is 0 Å². The highest BCUT2D eigenvalue weighted by Gasteiger charge is 2.25. The van der Waals surface area contributed by atoms with E-state index in [0.717, 1.165) is 5.69 Å². The number of carbonyl (C=O) groups excluding carboxylic acids is 1. The number of carbonyl (C=O) groups is 1. The molecule has 0 bridgehead atoms. The van der Waals surface area contributed by atoms with Crippen molar-refractivity contribution in [1.82, 2.24) is 9.88 Å². The minimum Gasteiger partial charge on any atom is -0.381 e. The van der Waals surface area contributed by atoms with E-state index >= 15 is 0 Å². The number of piperazine rings is 1. The van der Waals surface area contributed by atoms with E-state index in [4.69, 9.17) is 0 Å². The summed E-state index contributed by atoms with van der Waals surface area (Å²) in [7, 11) is 0. The van der Waals surface area contributed by atoms with Crippen molar-refractivity contribution >= 4 is 17.3 Å². The molecule has 0 unspecified atom stereocenters. The lowest BCUT2D eigenvalue weighted by atomic mass is 10.2. The van der Waals surface area contributed by atoms with Gasteiger partial charge in [0.05, 0.1) is 17.6 Å². The van der Waals surface area contributed by atoms with Crippen molar-refractivity contribution in [3.8, 4) is 0 Å². The van der Waals surface area contributed by atoms with Gasteiger partial charge in [-0.3, -0.25) is 4.79 Å². The number of hydrogen-bond acceptors (Lipinski definition) is 4. The smallest absolute Gasteiger partial charge is 0.272 e. The highest BCUT2D eigenvalue weighted by molar-refractivity contribution is 5.92. The molecular weight excluding hydrogens is 319 g/mol. The van der Waals surface area contributed by atoms with Crippen LogP contribution in [0.4, 0.5) is 15.8 Å². The van der Waals surface area contributed by atoms with Gasteiger partial charge in [-0.1, -0.05) is 12.1 Å². The van der Waals surface area contributed by atoms with Crippen LogP contribution < -0.4 is 10.2 Å². The lowest BCUT2D eigenvalue weighted by Crippen LogP contribution is -2.49. The first-order valence-electron chi connectivity index (χ1n) is 8.72. The highest BCUT2D eigenvalue weighted by Crippen LogP contribution is 2.24. The number of anilines is 2. The molecule has 130 valence electrons. The maximum Gasteiger partial charge on any atom is 0.272 e. The van der Waals surface area contributed by atoms with Gasteiger partial charge in [0.2, 0.25) is 0 Å². The van der Waals surface area contributed by atoms with Gasteiger partial charge < -0.3 is 15.1 Å². The second-order valence-corrected chi connectivity index (χ2v) is 6.58. The second-order valence-electron chi connectivity index (χ2n) is 6.58. The van der Waals surface area contributed by atoms with Crippen molar-refractivity contribution < 1.29 is 9.18 Å². The van der Waals surface area contributed by atoms with Crippen LogP contribution in [0.3, 0.4) is 0 Å². The van der Waals surface area contributed by atoms with Gasteiger partial charge >= 0.3 is 0 Å². The molecule has 1 aliphatic heterocycles. The Kier molecular flexibility index (Phi) is 4.26. The SMILES string of the molecule is O=C(c1ccc(NC2CC2)cn1)N1CCN(c2ccccc2F)CC1. The van der Waals surface area contributed by atoms with Gasteiger partial charge in [-0.15, -0.1) is 0 Å². The quantitative estimate of drug-likeness (QED) is 0.930. The molecule has 4 rings (SSSR count). The number of nitrogens with zero attached hydrogens (tertiary/aromatic N) is 3. The topological polar surface area (TPSA) is 48.5 Å². The van der Waals surface area contributed by atoms with E-state index in [1.807, 2.05) is 17.0 Å². The standard InChI is InChI=1S/C19H21FN4O/c20-16-3-1-2-4-18(16)23-9-11-24(12-10-23)19(25)17-8-7-15(13-21-17)22-14-5-6-14/h1-4,7-8,13-14,22H,5-6,9-12H2. The molecule has 1 amide bonds. The Balaban J connectivity index is 1.36. The van der Waals surface area contributed by atoms with Crippen LogP contribution in [0.15, 0.2) is 42.6 Å². The molecule has 5 nitrogen and oxygen atoms in total. The van der Waals surface area contributed by atoms with Crippen LogP contribution in [0.1, 0.15) is 23.3 Å². The van der Waals surface area contributed by atoms with E-state index in [2.05, 4.69) is 10.3 Å². The van der Waals surface area contributed by atoms with E-state index in [0.29, 0.717) is 43.6 Å². The number of halogens is 1. The molecular formula is C19H21FN4O. The molecule has 0 atom stereocenters. The normalized spacial score (nSPS) is 17.5. The molecule has 0 spiro atoms. The van der Waals surface area contributed by atoms with Crippen molar-refractivity contribution in [3.05, 3.63) is 54.1 Å². The van der Waals surface area contributed by atoms with E-state index in [-0.39, 0.29) is 11.7 Å². The van der Waals surface area contributed by atoms with Gasteiger partial charge in [0.1, 0.15) is 11.5 Å². The predicted octanol–water partition coefficient (Wildman–Crippen LogP) is 2.76. The number of aromatic nitrogens is 1. The number of benzene rings is 1. The Morgan fingerprint density at radius 1 is 1.08 bits per heavy atom. The molecule has 2 heterocycles. The van der Waals surface area contributed by atoms with Crippen LogP contribution >= 0.6 is 0 Å². The summed E-state index contributed by atoms with van der Waals surface area (Å²) >= 11 is 0. The number of hydrogen-bond donors (Lipinski definition) is 1. The van der Waals surface area contributed by atoms with Gasteiger partial charge in [-0.2, -0.15) is 0 Å². The Hall–Kier alpha value is -2.63. The first-order chi connectivity index (χ1) is 12.2. The predicted molar refractivity (Wildman–Crippen MR) is 95.4 cm³/mol. The zero-order valence-electron chi connectivity index (χ0n) is 14.0. The van der Waals surface area contributed by atoms with Crippen molar-refractivity contribution in [2.24, 2.45) is 0 Å². The van der Waals surface area contributed by atoms with E-state index in [9.17, 15) is 9.18 Å². The molecule has 1 aromatic heterocycles. The lowest BCUT2D eigenvalue weighted by Gasteiger charge is -2.36. The summed E-state index contributed by atoms with van der Waals surface area (Å²) in [5, 5.41) is 3.36. The number of rotatable bonds is 4. The molecule has 1 saturated carbocycles. The zero-order chi connectivity index (χ0) is 17.2. The van der Waals surface area contributed by atoms with Gasteiger partial charge in [0, 0.05) is 32.2 Å². The van der Waals surface area contributed by atoms with E-state index < -0.39 is 0 Å². The van der Waals surface area contributed by atoms with Crippen molar-refractivity contribution in [2.75, 3.05) is 36.4 Å². The summed E-state index contributed by atoms with van der Waals surface area (Å²) in [5.74, 6) is -0.283. The Labute approximate surface area is 146 Å². The number of pyridine rings is 1. The van der Waals surface area contributed by atoms with Crippen LogP contribution in [0, 0.1) is 5.82 Å². The largest absolute Gasteiger partial charge is 0.381 e. The van der Waals surface area contributed by atoms with Crippen LogP contribution in [0.25, 0.3) is 0 Å². The number of amides is 1. The molecule has 0 radical (unpaired) electrons. The van der Waals surface area contributed by atoms with E-state index in [1.54, 1.807) is 29.3 Å². The average molecular weight is 340 g/mol. The summed E-state index contributed by atoms with van der Waals surface area (Å²) in [5.41, 5.74) is 2.02.